The summed E-state index contributed by atoms with van der Waals surface area (Å²) in [4.78, 5) is 0. The average molecular weight is 375 g/mol. The second kappa shape index (κ2) is 7.38. The lowest BCUT2D eigenvalue weighted by Crippen LogP contribution is -2.26. The molecule has 114 valence electrons. The molecule has 0 aliphatic carbocycles. The minimum absolute atomic E-state index is 0.0280. The Morgan fingerprint density at radius 3 is 2.86 bits per heavy atom. The molecule has 0 saturated carbocycles. The van der Waals surface area contributed by atoms with Crippen LogP contribution in [-0.4, -0.2) is 16.3 Å². The third-order valence-electron chi connectivity index (χ3n) is 3.36. The Kier molecular flexibility index (Phi) is 5.79. The van der Waals surface area contributed by atoms with Crippen LogP contribution in [-0.2, 0) is 13.5 Å². The molecule has 0 amide bonds. The van der Waals surface area contributed by atoms with Crippen molar-refractivity contribution in [1.82, 2.24) is 15.1 Å². The van der Waals surface area contributed by atoms with E-state index in [2.05, 4.69) is 33.3 Å². The molecule has 3 nitrogen and oxygen atoms in total. The lowest BCUT2D eigenvalue weighted by molar-refractivity contribution is 0.481. The summed E-state index contributed by atoms with van der Waals surface area (Å²) in [5.74, 6) is -0.347. The molecule has 0 radical (unpaired) electrons. The summed E-state index contributed by atoms with van der Waals surface area (Å²) in [6.07, 6.45) is 3.28. The highest BCUT2D eigenvalue weighted by Crippen LogP contribution is 2.28. The molecule has 0 fully saturated rings. The van der Waals surface area contributed by atoms with Crippen LogP contribution < -0.4 is 5.32 Å². The molecule has 0 aliphatic rings. The molecule has 2 rings (SSSR count). The summed E-state index contributed by atoms with van der Waals surface area (Å²) in [6, 6.07) is 5.08. The fourth-order valence-corrected chi connectivity index (χ4v) is 3.14. The predicted octanol–water partition coefficient (Wildman–Crippen LogP) is 4.26. The molecule has 6 heteroatoms. The molecule has 1 unspecified atom stereocenters. The lowest BCUT2D eigenvalue weighted by Gasteiger charge is -2.20. The van der Waals surface area contributed by atoms with E-state index in [0.717, 1.165) is 23.1 Å². The molecular formula is C15H18BrClFN3. The number of benzene rings is 1. The third kappa shape index (κ3) is 3.84. The van der Waals surface area contributed by atoms with Gasteiger partial charge < -0.3 is 5.32 Å². The van der Waals surface area contributed by atoms with Gasteiger partial charge in [0.25, 0.3) is 0 Å². The van der Waals surface area contributed by atoms with Crippen LogP contribution in [0.3, 0.4) is 0 Å². The summed E-state index contributed by atoms with van der Waals surface area (Å²) >= 11 is 9.38. The average Bonchev–Trinajstić information content (AvgIpc) is 2.79. The van der Waals surface area contributed by atoms with Crippen molar-refractivity contribution in [3.05, 3.63) is 51.0 Å². The highest BCUT2D eigenvalue weighted by Gasteiger charge is 2.20. The van der Waals surface area contributed by atoms with Crippen molar-refractivity contribution < 1.29 is 4.39 Å². The van der Waals surface area contributed by atoms with E-state index in [1.165, 1.54) is 0 Å². The van der Waals surface area contributed by atoms with Gasteiger partial charge >= 0.3 is 0 Å². The predicted molar refractivity (Wildman–Crippen MR) is 87.1 cm³/mol. The maximum atomic E-state index is 14.1. The zero-order chi connectivity index (χ0) is 15.4. The number of nitrogens with one attached hydrogen (secondary N) is 1. The molecule has 2 aromatic rings. The van der Waals surface area contributed by atoms with E-state index in [-0.39, 0.29) is 16.9 Å². The Hall–Kier alpha value is -0.910. The van der Waals surface area contributed by atoms with Gasteiger partial charge in [0.2, 0.25) is 0 Å². The van der Waals surface area contributed by atoms with Crippen LogP contribution in [0, 0.1) is 5.82 Å². The Bertz CT molecular complexity index is 595. The van der Waals surface area contributed by atoms with Gasteiger partial charge in [-0.2, -0.15) is 5.10 Å². The number of aromatic nitrogens is 2. The van der Waals surface area contributed by atoms with E-state index in [1.54, 1.807) is 29.1 Å². The number of aryl methyl sites for hydroxylation is 1. The summed E-state index contributed by atoms with van der Waals surface area (Å²) in [6.45, 7) is 2.95. The minimum atomic E-state index is -0.347. The maximum Gasteiger partial charge on any atom is 0.145 e. The number of rotatable bonds is 6. The van der Waals surface area contributed by atoms with Crippen molar-refractivity contribution in [3.63, 3.8) is 0 Å². The van der Waals surface area contributed by atoms with E-state index in [4.69, 9.17) is 11.6 Å². The molecule has 1 aromatic carbocycles. The van der Waals surface area contributed by atoms with Crippen LogP contribution >= 0.6 is 27.5 Å². The van der Waals surface area contributed by atoms with Crippen molar-refractivity contribution in [2.24, 2.45) is 7.05 Å². The van der Waals surface area contributed by atoms with E-state index in [9.17, 15) is 4.39 Å². The van der Waals surface area contributed by atoms with Crippen LogP contribution in [0.15, 0.2) is 28.9 Å². The fraction of sp³-hybridized carbons (Fsp3) is 0.400. The Balaban J connectivity index is 2.31. The van der Waals surface area contributed by atoms with Crippen molar-refractivity contribution in [2.45, 2.75) is 25.8 Å². The molecule has 21 heavy (non-hydrogen) atoms. The number of hydrogen-bond donors (Lipinski definition) is 1. The van der Waals surface area contributed by atoms with Crippen molar-refractivity contribution in [3.8, 4) is 0 Å². The Labute approximate surface area is 137 Å². The van der Waals surface area contributed by atoms with Crippen LogP contribution in [0.1, 0.15) is 30.6 Å². The van der Waals surface area contributed by atoms with Gasteiger partial charge in [-0.05, 0) is 46.9 Å². The quantitative estimate of drug-likeness (QED) is 0.819. The van der Waals surface area contributed by atoms with Crippen molar-refractivity contribution in [1.29, 1.82) is 0 Å². The fourth-order valence-electron chi connectivity index (χ4n) is 2.32. The SMILES string of the molecule is CCCNC(Cc1cccc(Cl)c1F)c1c(Br)cnn1C. The highest BCUT2D eigenvalue weighted by atomic mass is 79.9. The summed E-state index contributed by atoms with van der Waals surface area (Å²) < 4.78 is 16.9. The molecular weight excluding hydrogens is 357 g/mol. The molecule has 1 N–H and O–H groups in total. The van der Waals surface area contributed by atoms with Gasteiger partial charge in [0.15, 0.2) is 0 Å². The van der Waals surface area contributed by atoms with Crippen LogP contribution in [0.25, 0.3) is 0 Å². The van der Waals surface area contributed by atoms with Gasteiger partial charge in [-0.15, -0.1) is 0 Å². The summed E-state index contributed by atoms with van der Waals surface area (Å²) in [5, 5.41) is 7.84. The lowest BCUT2D eigenvalue weighted by atomic mass is 10.0. The first kappa shape index (κ1) is 16.5. The number of hydrogen-bond acceptors (Lipinski definition) is 2. The standard InChI is InChI=1S/C15H18BrClFN3/c1-3-7-19-13(15-11(16)9-20-21(15)2)8-10-5-4-6-12(17)14(10)18/h4-6,9,13,19H,3,7-8H2,1-2H3. The van der Waals surface area contributed by atoms with Crippen LogP contribution in [0.5, 0.6) is 0 Å². The number of nitrogens with zero attached hydrogens (tertiary/aromatic N) is 2. The molecule has 0 saturated heterocycles. The second-order valence-corrected chi connectivity index (χ2v) is 6.19. The molecule has 0 bridgehead atoms. The summed E-state index contributed by atoms with van der Waals surface area (Å²) in [5.41, 5.74) is 1.60. The zero-order valence-electron chi connectivity index (χ0n) is 12.0. The van der Waals surface area contributed by atoms with Gasteiger partial charge in [-0.1, -0.05) is 30.7 Å². The Morgan fingerprint density at radius 2 is 2.24 bits per heavy atom. The topological polar surface area (TPSA) is 29.9 Å². The summed E-state index contributed by atoms with van der Waals surface area (Å²) in [7, 11) is 1.88. The minimum Gasteiger partial charge on any atom is -0.308 e. The maximum absolute atomic E-state index is 14.1. The molecule has 1 atom stereocenters. The van der Waals surface area contributed by atoms with Gasteiger partial charge in [-0.3, -0.25) is 4.68 Å². The van der Waals surface area contributed by atoms with Gasteiger partial charge in [0.05, 0.1) is 27.4 Å². The van der Waals surface area contributed by atoms with E-state index in [1.807, 2.05) is 7.05 Å². The first-order valence-corrected chi connectivity index (χ1v) is 8.05. The molecule has 0 aliphatic heterocycles. The third-order valence-corrected chi connectivity index (χ3v) is 4.27. The van der Waals surface area contributed by atoms with E-state index >= 15 is 0 Å². The first-order chi connectivity index (χ1) is 10.0. The van der Waals surface area contributed by atoms with E-state index < -0.39 is 0 Å². The van der Waals surface area contributed by atoms with Crippen LogP contribution in [0.2, 0.25) is 5.02 Å². The molecule has 1 aromatic heterocycles. The second-order valence-electron chi connectivity index (χ2n) is 4.93. The zero-order valence-corrected chi connectivity index (χ0v) is 14.4. The molecule has 1 heterocycles. The van der Waals surface area contributed by atoms with E-state index in [0.29, 0.717) is 12.0 Å². The smallest absolute Gasteiger partial charge is 0.145 e. The van der Waals surface area contributed by atoms with Crippen molar-refractivity contribution >= 4 is 27.5 Å². The van der Waals surface area contributed by atoms with Crippen LogP contribution in [0.4, 0.5) is 4.39 Å². The monoisotopic (exact) mass is 373 g/mol. The molecule has 0 spiro atoms. The normalized spacial score (nSPS) is 12.6. The van der Waals surface area contributed by atoms with Gasteiger partial charge in [-0.25, -0.2) is 4.39 Å². The number of halogens is 3. The first-order valence-electron chi connectivity index (χ1n) is 6.88. The highest BCUT2D eigenvalue weighted by molar-refractivity contribution is 9.10. The largest absolute Gasteiger partial charge is 0.308 e. The van der Waals surface area contributed by atoms with Crippen molar-refractivity contribution in [2.75, 3.05) is 6.54 Å². The van der Waals surface area contributed by atoms with Gasteiger partial charge in [0.1, 0.15) is 5.82 Å². The van der Waals surface area contributed by atoms with Gasteiger partial charge in [0, 0.05) is 7.05 Å². The Morgan fingerprint density at radius 1 is 1.48 bits per heavy atom.